The zero-order valence-electron chi connectivity index (χ0n) is 7.84. The fourth-order valence-electron chi connectivity index (χ4n) is 1.27. The highest BCUT2D eigenvalue weighted by molar-refractivity contribution is 7.89. The summed E-state index contributed by atoms with van der Waals surface area (Å²) in [6, 6.07) is 6.40. The van der Waals surface area contributed by atoms with Crippen LogP contribution in [0.4, 0.5) is 0 Å². The van der Waals surface area contributed by atoms with Crippen LogP contribution in [-0.2, 0) is 16.4 Å². The first-order valence-corrected chi connectivity index (χ1v) is 5.74. The van der Waals surface area contributed by atoms with Crippen molar-refractivity contribution in [1.82, 2.24) is 0 Å². The van der Waals surface area contributed by atoms with Crippen molar-refractivity contribution in [3.8, 4) is 0 Å². The molecule has 1 aromatic rings. The molecule has 0 saturated carbocycles. The Bertz CT molecular complexity index is 412. The standard InChI is InChI=1S/C9H13NO3S/c1-7(11)6-8-4-2-3-5-9(8)14(10,12)13/h2-5,7,11H,6H2,1H3,(H2,10,12,13)/t7-/m1/s1. The van der Waals surface area contributed by atoms with Crippen LogP contribution in [0.1, 0.15) is 12.5 Å². The molecule has 0 aliphatic carbocycles. The predicted octanol–water partition coefficient (Wildman–Crippen LogP) is 0.257. The van der Waals surface area contributed by atoms with E-state index in [4.69, 9.17) is 10.2 Å². The van der Waals surface area contributed by atoms with Crippen molar-refractivity contribution >= 4 is 10.0 Å². The van der Waals surface area contributed by atoms with Gasteiger partial charge in [-0.25, -0.2) is 13.6 Å². The molecule has 0 heterocycles. The van der Waals surface area contributed by atoms with Gasteiger partial charge in [0.2, 0.25) is 10.0 Å². The highest BCUT2D eigenvalue weighted by Crippen LogP contribution is 2.15. The lowest BCUT2D eigenvalue weighted by Crippen LogP contribution is -2.16. The van der Waals surface area contributed by atoms with Gasteiger partial charge in [0.15, 0.2) is 0 Å². The second-order valence-corrected chi connectivity index (χ2v) is 4.74. The van der Waals surface area contributed by atoms with Gasteiger partial charge in [0.25, 0.3) is 0 Å². The van der Waals surface area contributed by atoms with Crippen LogP contribution in [-0.4, -0.2) is 19.6 Å². The fraction of sp³-hybridized carbons (Fsp3) is 0.333. The summed E-state index contributed by atoms with van der Waals surface area (Å²) in [7, 11) is -3.69. The summed E-state index contributed by atoms with van der Waals surface area (Å²) >= 11 is 0. The summed E-state index contributed by atoms with van der Waals surface area (Å²) in [5, 5.41) is 14.2. The zero-order chi connectivity index (χ0) is 10.8. The van der Waals surface area contributed by atoms with Gasteiger partial charge in [0.1, 0.15) is 0 Å². The first kappa shape index (κ1) is 11.2. The Morgan fingerprint density at radius 1 is 1.43 bits per heavy atom. The van der Waals surface area contributed by atoms with E-state index < -0.39 is 16.1 Å². The molecule has 14 heavy (non-hydrogen) atoms. The Balaban J connectivity index is 3.17. The lowest BCUT2D eigenvalue weighted by Gasteiger charge is -2.08. The first-order chi connectivity index (χ1) is 6.41. The van der Waals surface area contributed by atoms with Gasteiger partial charge in [-0.05, 0) is 25.0 Å². The van der Waals surface area contributed by atoms with E-state index in [0.29, 0.717) is 5.56 Å². The summed E-state index contributed by atoms with van der Waals surface area (Å²) in [6.07, 6.45) is -0.301. The number of hydrogen-bond acceptors (Lipinski definition) is 3. The molecule has 5 heteroatoms. The molecular formula is C9H13NO3S. The summed E-state index contributed by atoms with van der Waals surface area (Å²) in [5.74, 6) is 0. The van der Waals surface area contributed by atoms with Crippen molar-refractivity contribution in [1.29, 1.82) is 0 Å². The highest BCUT2D eigenvalue weighted by atomic mass is 32.2. The van der Waals surface area contributed by atoms with E-state index in [2.05, 4.69) is 0 Å². The van der Waals surface area contributed by atoms with E-state index in [1.54, 1.807) is 25.1 Å². The van der Waals surface area contributed by atoms with Gasteiger partial charge in [0, 0.05) is 0 Å². The molecule has 0 radical (unpaired) electrons. The van der Waals surface area contributed by atoms with E-state index >= 15 is 0 Å². The Labute approximate surface area is 83.4 Å². The number of benzene rings is 1. The molecule has 1 aromatic carbocycles. The van der Waals surface area contributed by atoms with Crippen molar-refractivity contribution in [3.05, 3.63) is 29.8 Å². The molecule has 78 valence electrons. The van der Waals surface area contributed by atoms with Crippen LogP contribution in [0, 0.1) is 0 Å². The number of nitrogens with two attached hydrogens (primary N) is 1. The van der Waals surface area contributed by atoms with Crippen molar-refractivity contribution in [2.75, 3.05) is 0 Å². The smallest absolute Gasteiger partial charge is 0.238 e. The van der Waals surface area contributed by atoms with Gasteiger partial charge in [-0.3, -0.25) is 0 Å². The monoisotopic (exact) mass is 215 g/mol. The molecule has 0 aliphatic heterocycles. The molecule has 0 spiro atoms. The van der Waals surface area contributed by atoms with E-state index in [9.17, 15) is 8.42 Å². The molecule has 0 bridgehead atoms. The van der Waals surface area contributed by atoms with Crippen LogP contribution in [0.5, 0.6) is 0 Å². The lowest BCUT2D eigenvalue weighted by molar-refractivity contribution is 0.194. The topological polar surface area (TPSA) is 80.4 Å². The van der Waals surface area contributed by atoms with Crippen molar-refractivity contribution in [2.45, 2.75) is 24.3 Å². The third kappa shape index (κ3) is 2.80. The van der Waals surface area contributed by atoms with Gasteiger partial charge < -0.3 is 5.11 Å². The van der Waals surface area contributed by atoms with Gasteiger partial charge in [-0.1, -0.05) is 18.2 Å². The van der Waals surface area contributed by atoms with E-state index in [1.165, 1.54) is 6.07 Å². The number of aliphatic hydroxyl groups is 1. The van der Waals surface area contributed by atoms with Crippen LogP contribution < -0.4 is 5.14 Å². The maximum atomic E-state index is 11.1. The summed E-state index contributed by atoms with van der Waals surface area (Å²) in [6.45, 7) is 1.60. The minimum absolute atomic E-state index is 0.0842. The number of hydrogen-bond donors (Lipinski definition) is 2. The lowest BCUT2D eigenvalue weighted by atomic mass is 10.1. The Hall–Kier alpha value is -0.910. The second kappa shape index (κ2) is 4.08. The van der Waals surface area contributed by atoms with Crippen LogP contribution in [0.15, 0.2) is 29.2 Å². The Kier molecular flexibility index (Phi) is 3.25. The van der Waals surface area contributed by atoms with E-state index in [0.717, 1.165) is 0 Å². The molecule has 0 saturated heterocycles. The van der Waals surface area contributed by atoms with Crippen LogP contribution in [0.25, 0.3) is 0 Å². The minimum Gasteiger partial charge on any atom is -0.393 e. The maximum absolute atomic E-state index is 11.1. The van der Waals surface area contributed by atoms with E-state index in [1.807, 2.05) is 0 Å². The molecule has 3 N–H and O–H groups in total. The number of primary sulfonamides is 1. The normalized spacial score (nSPS) is 13.9. The van der Waals surface area contributed by atoms with Crippen molar-refractivity contribution < 1.29 is 13.5 Å². The van der Waals surface area contributed by atoms with Crippen molar-refractivity contribution in [3.63, 3.8) is 0 Å². The predicted molar refractivity (Wildman–Crippen MR) is 53.2 cm³/mol. The van der Waals surface area contributed by atoms with Crippen LogP contribution in [0.2, 0.25) is 0 Å². The maximum Gasteiger partial charge on any atom is 0.238 e. The molecule has 4 nitrogen and oxygen atoms in total. The average Bonchev–Trinajstić information content (AvgIpc) is 2.01. The molecule has 0 amide bonds. The average molecular weight is 215 g/mol. The Morgan fingerprint density at radius 3 is 2.50 bits per heavy atom. The van der Waals surface area contributed by atoms with Crippen molar-refractivity contribution in [2.24, 2.45) is 5.14 Å². The largest absolute Gasteiger partial charge is 0.393 e. The quantitative estimate of drug-likeness (QED) is 0.758. The highest BCUT2D eigenvalue weighted by Gasteiger charge is 2.13. The molecule has 1 rings (SSSR count). The van der Waals surface area contributed by atoms with E-state index in [-0.39, 0.29) is 11.3 Å². The number of rotatable bonds is 3. The van der Waals surface area contributed by atoms with Crippen LogP contribution >= 0.6 is 0 Å². The second-order valence-electron chi connectivity index (χ2n) is 3.21. The minimum atomic E-state index is -3.69. The third-order valence-electron chi connectivity index (χ3n) is 1.79. The third-order valence-corrected chi connectivity index (χ3v) is 2.81. The molecule has 0 fully saturated rings. The molecule has 0 unspecified atom stereocenters. The molecule has 1 atom stereocenters. The zero-order valence-corrected chi connectivity index (χ0v) is 8.66. The molecule has 0 aromatic heterocycles. The summed E-state index contributed by atoms with van der Waals surface area (Å²) < 4.78 is 22.3. The Morgan fingerprint density at radius 2 is 2.00 bits per heavy atom. The molecule has 0 aliphatic rings. The summed E-state index contributed by atoms with van der Waals surface area (Å²) in [4.78, 5) is 0.0842. The first-order valence-electron chi connectivity index (χ1n) is 4.20. The van der Waals surface area contributed by atoms with Gasteiger partial charge >= 0.3 is 0 Å². The van der Waals surface area contributed by atoms with Gasteiger partial charge in [-0.15, -0.1) is 0 Å². The number of aliphatic hydroxyl groups excluding tert-OH is 1. The van der Waals surface area contributed by atoms with Gasteiger partial charge in [0.05, 0.1) is 11.0 Å². The molecular weight excluding hydrogens is 202 g/mol. The number of sulfonamides is 1. The van der Waals surface area contributed by atoms with Crippen LogP contribution in [0.3, 0.4) is 0 Å². The summed E-state index contributed by atoms with van der Waals surface area (Å²) in [5.41, 5.74) is 0.546. The van der Waals surface area contributed by atoms with Gasteiger partial charge in [-0.2, -0.15) is 0 Å². The SMILES string of the molecule is C[C@@H](O)Cc1ccccc1S(N)(=O)=O. The fourth-order valence-corrected chi connectivity index (χ4v) is 2.05.